The maximum Gasteiger partial charge on any atom is 0.130 e. The zero-order valence-corrected chi connectivity index (χ0v) is 11.1. The third-order valence-electron chi connectivity index (χ3n) is 2.69. The number of pyridine rings is 1. The first kappa shape index (κ1) is 13.3. The Morgan fingerprint density at radius 1 is 1.26 bits per heavy atom. The van der Waals surface area contributed by atoms with Crippen LogP contribution in [0.5, 0.6) is 5.75 Å². The lowest BCUT2D eigenvalue weighted by atomic mass is 10.2. The summed E-state index contributed by atoms with van der Waals surface area (Å²) in [5.74, 6) is 1.07. The molecule has 2 rings (SSSR count). The quantitative estimate of drug-likeness (QED) is 0.892. The van der Waals surface area contributed by atoms with Crippen molar-refractivity contribution in [1.82, 2.24) is 4.98 Å². The monoisotopic (exact) mass is 260 g/mol. The molecule has 0 bridgehead atoms. The van der Waals surface area contributed by atoms with E-state index in [9.17, 15) is 4.39 Å². The lowest BCUT2D eigenvalue weighted by molar-refractivity contribution is 0.298. The molecule has 0 aliphatic heterocycles. The van der Waals surface area contributed by atoms with Gasteiger partial charge in [-0.25, -0.2) is 9.37 Å². The number of halogens is 1. The van der Waals surface area contributed by atoms with Crippen molar-refractivity contribution in [2.45, 2.75) is 20.5 Å². The summed E-state index contributed by atoms with van der Waals surface area (Å²) in [7, 11) is 0. The Balaban J connectivity index is 2.05. The topological polar surface area (TPSA) is 34.1 Å². The second kappa shape index (κ2) is 6.18. The van der Waals surface area contributed by atoms with E-state index in [1.54, 1.807) is 6.07 Å². The van der Waals surface area contributed by atoms with Gasteiger partial charge in [0, 0.05) is 12.6 Å². The average Bonchev–Trinajstić information content (AvgIpc) is 2.41. The van der Waals surface area contributed by atoms with Crippen LogP contribution in [0.2, 0.25) is 0 Å². The molecule has 0 aliphatic carbocycles. The van der Waals surface area contributed by atoms with Gasteiger partial charge in [0.2, 0.25) is 0 Å². The fourth-order valence-corrected chi connectivity index (χ4v) is 1.72. The van der Waals surface area contributed by atoms with Crippen molar-refractivity contribution in [1.29, 1.82) is 0 Å². The molecule has 0 spiro atoms. The third-order valence-corrected chi connectivity index (χ3v) is 2.69. The molecule has 19 heavy (non-hydrogen) atoms. The van der Waals surface area contributed by atoms with Crippen molar-refractivity contribution in [3.8, 4) is 5.75 Å². The fraction of sp³-hybridized carbons (Fsp3) is 0.267. The summed E-state index contributed by atoms with van der Waals surface area (Å²) in [6, 6.07) is 10.2. The first-order valence-corrected chi connectivity index (χ1v) is 6.28. The Hall–Kier alpha value is -2.10. The number of anilines is 1. The zero-order valence-electron chi connectivity index (χ0n) is 11.1. The number of ether oxygens (including phenoxy) is 1. The molecule has 0 saturated carbocycles. The SMILES string of the molecule is CCNc1cccc(COc2cc(F)ccc2C)n1. The predicted octanol–water partition coefficient (Wildman–Crippen LogP) is 3.54. The van der Waals surface area contributed by atoms with Gasteiger partial charge >= 0.3 is 0 Å². The van der Waals surface area contributed by atoms with Crippen LogP contribution in [0.15, 0.2) is 36.4 Å². The number of aromatic nitrogens is 1. The summed E-state index contributed by atoms with van der Waals surface area (Å²) >= 11 is 0. The fourth-order valence-electron chi connectivity index (χ4n) is 1.72. The molecule has 4 heteroatoms. The van der Waals surface area contributed by atoms with Crippen molar-refractivity contribution in [3.63, 3.8) is 0 Å². The number of nitrogens with one attached hydrogen (secondary N) is 1. The first-order valence-electron chi connectivity index (χ1n) is 6.28. The van der Waals surface area contributed by atoms with Crippen LogP contribution in [0.4, 0.5) is 10.2 Å². The van der Waals surface area contributed by atoms with Gasteiger partial charge in [0.1, 0.15) is 24.0 Å². The highest BCUT2D eigenvalue weighted by Gasteiger charge is 2.03. The van der Waals surface area contributed by atoms with Crippen LogP contribution < -0.4 is 10.1 Å². The molecule has 2 aromatic rings. The smallest absolute Gasteiger partial charge is 0.130 e. The van der Waals surface area contributed by atoms with E-state index in [0.29, 0.717) is 12.4 Å². The van der Waals surface area contributed by atoms with Crippen LogP contribution in [-0.2, 0) is 6.61 Å². The summed E-state index contributed by atoms with van der Waals surface area (Å²) in [5.41, 5.74) is 1.71. The molecule has 0 fully saturated rings. The van der Waals surface area contributed by atoms with Crippen LogP contribution in [0.1, 0.15) is 18.2 Å². The highest BCUT2D eigenvalue weighted by atomic mass is 19.1. The Kier molecular flexibility index (Phi) is 4.34. The van der Waals surface area contributed by atoms with Gasteiger partial charge in [0.15, 0.2) is 0 Å². The predicted molar refractivity (Wildman–Crippen MR) is 73.9 cm³/mol. The number of aryl methyl sites for hydroxylation is 1. The summed E-state index contributed by atoms with van der Waals surface area (Å²) in [5, 5.41) is 3.14. The molecule has 1 aromatic heterocycles. The van der Waals surface area contributed by atoms with Crippen LogP contribution in [0, 0.1) is 12.7 Å². The van der Waals surface area contributed by atoms with Crippen molar-refractivity contribution in [2.24, 2.45) is 0 Å². The molecule has 1 N–H and O–H groups in total. The van der Waals surface area contributed by atoms with Crippen LogP contribution in [0.25, 0.3) is 0 Å². The number of nitrogens with zero attached hydrogens (tertiary/aromatic N) is 1. The maximum atomic E-state index is 13.1. The normalized spacial score (nSPS) is 10.3. The number of hydrogen-bond donors (Lipinski definition) is 1. The molecule has 0 aliphatic rings. The van der Waals surface area contributed by atoms with Gasteiger partial charge in [-0.1, -0.05) is 12.1 Å². The molecule has 0 amide bonds. The van der Waals surface area contributed by atoms with Crippen LogP contribution in [-0.4, -0.2) is 11.5 Å². The minimum Gasteiger partial charge on any atom is -0.487 e. The van der Waals surface area contributed by atoms with Crippen molar-refractivity contribution in [3.05, 3.63) is 53.5 Å². The zero-order chi connectivity index (χ0) is 13.7. The van der Waals surface area contributed by atoms with E-state index in [1.807, 2.05) is 32.0 Å². The van der Waals surface area contributed by atoms with Gasteiger partial charge in [-0.2, -0.15) is 0 Å². The molecule has 100 valence electrons. The Labute approximate surface area is 112 Å². The summed E-state index contributed by atoms with van der Waals surface area (Å²) in [4.78, 5) is 4.40. The maximum absolute atomic E-state index is 13.1. The van der Waals surface area contributed by atoms with E-state index in [4.69, 9.17) is 4.74 Å². The number of hydrogen-bond acceptors (Lipinski definition) is 3. The van der Waals surface area contributed by atoms with E-state index in [0.717, 1.165) is 23.6 Å². The molecule has 1 heterocycles. The second-order valence-electron chi connectivity index (χ2n) is 4.24. The largest absolute Gasteiger partial charge is 0.487 e. The Bertz CT molecular complexity index is 558. The molecular formula is C15H17FN2O. The highest BCUT2D eigenvalue weighted by molar-refractivity contribution is 5.35. The van der Waals surface area contributed by atoms with E-state index >= 15 is 0 Å². The minimum absolute atomic E-state index is 0.296. The Morgan fingerprint density at radius 2 is 2.11 bits per heavy atom. The van der Waals surface area contributed by atoms with Gasteiger partial charge in [-0.15, -0.1) is 0 Å². The van der Waals surface area contributed by atoms with Gasteiger partial charge < -0.3 is 10.1 Å². The highest BCUT2D eigenvalue weighted by Crippen LogP contribution is 2.20. The van der Waals surface area contributed by atoms with Crippen molar-refractivity contribution in [2.75, 3.05) is 11.9 Å². The van der Waals surface area contributed by atoms with Gasteiger partial charge in [-0.3, -0.25) is 0 Å². The summed E-state index contributed by atoms with van der Waals surface area (Å²) in [6.07, 6.45) is 0. The lowest BCUT2D eigenvalue weighted by Gasteiger charge is -2.10. The van der Waals surface area contributed by atoms with E-state index in [-0.39, 0.29) is 5.82 Å². The Morgan fingerprint density at radius 3 is 2.89 bits per heavy atom. The van der Waals surface area contributed by atoms with Crippen molar-refractivity contribution < 1.29 is 9.13 Å². The standard InChI is InChI=1S/C15H17FN2O/c1-3-17-15-6-4-5-13(18-15)10-19-14-9-12(16)8-7-11(14)2/h4-9H,3,10H2,1-2H3,(H,17,18). The first-order chi connectivity index (χ1) is 9.19. The van der Waals surface area contributed by atoms with Gasteiger partial charge in [-0.05, 0) is 37.6 Å². The molecule has 1 aromatic carbocycles. The molecule has 0 radical (unpaired) electrons. The van der Waals surface area contributed by atoms with Gasteiger partial charge in [0.25, 0.3) is 0 Å². The van der Waals surface area contributed by atoms with Gasteiger partial charge in [0.05, 0.1) is 5.69 Å². The van der Waals surface area contributed by atoms with E-state index in [1.165, 1.54) is 12.1 Å². The third kappa shape index (κ3) is 3.68. The average molecular weight is 260 g/mol. The molecule has 0 unspecified atom stereocenters. The van der Waals surface area contributed by atoms with Crippen LogP contribution in [0.3, 0.4) is 0 Å². The summed E-state index contributed by atoms with van der Waals surface area (Å²) < 4.78 is 18.7. The molecule has 0 atom stereocenters. The molecular weight excluding hydrogens is 243 g/mol. The number of rotatable bonds is 5. The second-order valence-corrected chi connectivity index (χ2v) is 4.24. The lowest BCUT2D eigenvalue weighted by Crippen LogP contribution is -2.04. The van der Waals surface area contributed by atoms with Crippen molar-refractivity contribution >= 4 is 5.82 Å². The van der Waals surface area contributed by atoms with E-state index < -0.39 is 0 Å². The molecule has 0 saturated heterocycles. The minimum atomic E-state index is -0.296. The molecule has 3 nitrogen and oxygen atoms in total. The van der Waals surface area contributed by atoms with E-state index in [2.05, 4.69) is 10.3 Å². The van der Waals surface area contributed by atoms with Crippen LogP contribution >= 0.6 is 0 Å². The summed E-state index contributed by atoms with van der Waals surface area (Å²) in [6.45, 7) is 5.04. The number of benzene rings is 1.